The van der Waals surface area contributed by atoms with E-state index in [-0.39, 0.29) is 5.82 Å². The number of aryl methyl sites for hydroxylation is 1. The number of H-pyrrole nitrogens is 2. The van der Waals surface area contributed by atoms with E-state index < -0.39 is 19.8 Å². The van der Waals surface area contributed by atoms with Gasteiger partial charge in [0.1, 0.15) is 0 Å². The molecule has 195 valence electrons. The molecule has 2 N–H and O–H groups in total. The number of hydrogen-bond acceptors (Lipinski definition) is 4. The molecule has 0 atom stereocenters. The Bertz CT molecular complexity index is 1460. The van der Waals surface area contributed by atoms with Crippen LogP contribution in [0.25, 0.3) is 33.5 Å². The molecule has 1 radical (unpaired) electrons. The Morgan fingerprint density at radius 1 is 1.11 bits per heavy atom. The molecule has 3 aliphatic heterocycles. The topological polar surface area (TPSA) is 63.8 Å². The third-order valence-electron chi connectivity index (χ3n) is 8.36. The van der Waals surface area contributed by atoms with Gasteiger partial charge in [0.15, 0.2) is 0 Å². The van der Waals surface area contributed by atoms with Crippen LogP contribution in [0.2, 0.25) is 0 Å². The number of alkyl halides is 2. The van der Waals surface area contributed by atoms with Gasteiger partial charge in [0, 0.05) is 25.6 Å². The number of likely N-dealkylation sites (tertiary alicyclic amines) is 1. The molecule has 5 heterocycles. The van der Waals surface area contributed by atoms with E-state index in [2.05, 4.69) is 63.2 Å². The molecule has 2 fully saturated rings. The molecule has 0 amide bonds. The van der Waals surface area contributed by atoms with Crippen molar-refractivity contribution in [3.63, 3.8) is 0 Å². The summed E-state index contributed by atoms with van der Waals surface area (Å²) in [6, 6.07) is 10.9. The molecule has 7 rings (SSSR count). The number of fused-ring (bicyclic) bond motifs is 2. The summed E-state index contributed by atoms with van der Waals surface area (Å²) in [7, 11) is 2.22. The summed E-state index contributed by atoms with van der Waals surface area (Å²) in [5.41, 5.74) is 7.51. The van der Waals surface area contributed by atoms with Crippen LogP contribution in [0.5, 0.6) is 0 Å². The van der Waals surface area contributed by atoms with Crippen LogP contribution in [-0.2, 0) is 19.4 Å². The van der Waals surface area contributed by atoms with Crippen LogP contribution in [0.3, 0.4) is 0 Å². The molecule has 6 nitrogen and oxygen atoms in total. The van der Waals surface area contributed by atoms with E-state index in [9.17, 15) is 4.39 Å². The van der Waals surface area contributed by atoms with E-state index in [0.717, 1.165) is 63.0 Å². The molecule has 2 saturated heterocycles. The molecule has 0 saturated carbocycles. The van der Waals surface area contributed by atoms with Crippen molar-refractivity contribution in [2.45, 2.75) is 45.2 Å². The molecule has 4 aromatic rings. The summed E-state index contributed by atoms with van der Waals surface area (Å²) in [6.07, 6.45) is 4.38. The molecule has 3 aliphatic rings. The van der Waals surface area contributed by atoms with Crippen LogP contribution in [-0.4, -0.2) is 71.5 Å². The fourth-order valence-electron chi connectivity index (χ4n) is 6.06. The molecule has 0 bridgehead atoms. The van der Waals surface area contributed by atoms with Crippen molar-refractivity contribution in [1.29, 1.82) is 0 Å². The predicted molar refractivity (Wildman–Crippen MR) is 142 cm³/mol. The quantitative estimate of drug-likeness (QED) is 0.266. The number of aromatic nitrogens is 4. The maximum absolute atomic E-state index is 15.0. The number of nitrogens with zero attached hydrogens (tertiary/aromatic N) is 4. The van der Waals surface area contributed by atoms with Crippen LogP contribution >= 0.6 is 0 Å². The van der Waals surface area contributed by atoms with E-state index in [1.807, 2.05) is 0 Å². The SMILES string of the molecule is CCc1cc([I-]2CC2)c(F)cc1-c1ccc2c(-c3nc4c([nH]3)CN(C3CCN(C)CC3)CC4)n[nH]c2c1. The zero-order chi connectivity index (χ0) is 25.1. The van der Waals surface area contributed by atoms with Crippen LogP contribution < -0.4 is 19.8 Å². The van der Waals surface area contributed by atoms with Crippen LogP contribution in [0.4, 0.5) is 4.39 Å². The Hall–Kier alpha value is -2.30. The second kappa shape index (κ2) is 9.47. The van der Waals surface area contributed by atoms with Gasteiger partial charge in [-0.15, -0.1) is 0 Å². The van der Waals surface area contributed by atoms with Gasteiger partial charge in [-0.2, -0.15) is 0 Å². The number of halogens is 2. The number of piperidine rings is 1. The molecule has 0 spiro atoms. The Labute approximate surface area is 224 Å². The number of rotatable bonds is 5. The molecule has 37 heavy (non-hydrogen) atoms. The van der Waals surface area contributed by atoms with E-state index in [4.69, 9.17) is 4.98 Å². The van der Waals surface area contributed by atoms with Crippen molar-refractivity contribution in [3.05, 3.63) is 56.7 Å². The number of nitrogens with one attached hydrogen (secondary N) is 2. The normalized spacial score (nSPS) is 20.0. The zero-order valence-electron chi connectivity index (χ0n) is 21.6. The number of benzene rings is 2. The molecule has 2 aromatic heterocycles. The van der Waals surface area contributed by atoms with Gasteiger partial charge >= 0.3 is 157 Å². The fourth-order valence-corrected chi connectivity index (χ4v) is 10.5. The molecule has 2 aromatic carbocycles. The Morgan fingerprint density at radius 2 is 1.95 bits per heavy atom. The van der Waals surface area contributed by atoms with Crippen LogP contribution in [0.1, 0.15) is 36.7 Å². The van der Waals surface area contributed by atoms with E-state index in [0.29, 0.717) is 6.04 Å². The van der Waals surface area contributed by atoms with Gasteiger partial charge in [0.25, 0.3) is 0 Å². The molecular weight excluding hydrogens is 578 g/mol. The average Bonchev–Trinajstić information content (AvgIpc) is 3.53. The zero-order valence-corrected chi connectivity index (χ0v) is 23.7. The number of aromatic amines is 2. The van der Waals surface area contributed by atoms with Crippen molar-refractivity contribution in [3.8, 4) is 22.6 Å². The van der Waals surface area contributed by atoms with Gasteiger partial charge in [-0.25, -0.2) is 0 Å². The first-order chi connectivity index (χ1) is 18.1. The van der Waals surface area contributed by atoms with Crippen molar-refractivity contribution in [2.24, 2.45) is 0 Å². The van der Waals surface area contributed by atoms with Crippen molar-refractivity contribution in [2.75, 3.05) is 35.5 Å². The minimum atomic E-state index is -1.15. The van der Waals surface area contributed by atoms with Crippen molar-refractivity contribution < 1.29 is 24.2 Å². The summed E-state index contributed by atoms with van der Waals surface area (Å²) >= 11 is -1.15. The third-order valence-corrected chi connectivity index (χ3v) is 13.0. The molecule has 0 aliphatic carbocycles. The first-order valence-corrected chi connectivity index (χ1v) is 17.6. The molecule has 0 unspecified atom stereocenters. The second-order valence-corrected chi connectivity index (χ2v) is 16.6. The third kappa shape index (κ3) is 4.40. The molecule has 8 heteroatoms. The van der Waals surface area contributed by atoms with Crippen molar-refractivity contribution >= 4 is 10.9 Å². The Kier molecular flexibility index (Phi) is 6.09. The first kappa shape index (κ1) is 23.8. The summed E-state index contributed by atoms with van der Waals surface area (Å²) < 4.78 is 18.5. The van der Waals surface area contributed by atoms with Gasteiger partial charge in [0.2, 0.25) is 0 Å². The van der Waals surface area contributed by atoms with Gasteiger partial charge < -0.3 is 4.90 Å². The summed E-state index contributed by atoms with van der Waals surface area (Å²) in [6.45, 7) is 6.55. The van der Waals surface area contributed by atoms with E-state index in [1.54, 1.807) is 6.07 Å². The van der Waals surface area contributed by atoms with Crippen LogP contribution in [0, 0.1) is 9.39 Å². The second-order valence-electron chi connectivity index (χ2n) is 10.7. The standard InChI is InChI=1S/C29H34FIN6/c1-3-18-14-24(31-9-10-31)23(30)16-22(18)19-4-5-21-26(15-19)34-35-28(21)29-32-25-8-13-37(17-27(25)33-29)20-6-11-36(2)12-7-20/h4-5,14-16,20H,3,6-13,17H2,1-2H3,(H,32,33)(H,34,35)/q-1. The van der Waals surface area contributed by atoms with Crippen LogP contribution in [0.15, 0.2) is 30.3 Å². The van der Waals surface area contributed by atoms with Gasteiger partial charge in [-0.3, -0.25) is 4.90 Å². The minimum absolute atomic E-state index is 0.00393. The van der Waals surface area contributed by atoms with E-state index in [1.165, 1.54) is 51.7 Å². The van der Waals surface area contributed by atoms with Gasteiger partial charge in [-0.1, -0.05) is 0 Å². The fraction of sp³-hybridized carbons (Fsp3) is 0.448. The summed E-state index contributed by atoms with van der Waals surface area (Å²) in [5.74, 6) is 0.838. The summed E-state index contributed by atoms with van der Waals surface area (Å²) in [5, 5.41) is 8.93. The first-order valence-electron chi connectivity index (χ1n) is 13.5. The van der Waals surface area contributed by atoms with Gasteiger partial charge in [0.05, 0.1) is 0 Å². The predicted octanol–water partition coefficient (Wildman–Crippen LogP) is 1.58. The average molecular weight is 613 g/mol. The number of hydrogen-bond donors (Lipinski definition) is 2. The maximum atomic E-state index is 15.0. The Morgan fingerprint density at radius 3 is 2.73 bits per heavy atom. The summed E-state index contributed by atoms with van der Waals surface area (Å²) in [4.78, 5) is 13.6. The Balaban J connectivity index is 1.17. The number of imidazole rings is 1. The monoisotopic (exact) mass is 612 g/mol. The van der Waals surface area contributed by atoms with Crippen molar-refractivity contribution in [1.82, 2.24) is 30.0 Å². The molecular formula is C29H34FIN6-. The van der Waals surface area contributed by atoms with Gasteiger partial charge in [-0.05, 0) is 33.0 Å². The van der Waals surface area contributed by atoms with E-state index >= 15 is 0 Å².